The molecule has 0 radical (unpaired) electrons. The fourth-order valence-corrected chi connectivity index (χ4v) is 1.12. The van der Waals surface area contributed by atoms with Crippen molar-refractivity contribution in [3.05, 3.63) is 35.4 Å². The molecule has 86 valence electrons. The van der Waals surface area contributed by atoms with Crippen LogP contribution in [0.1, 0.15) is 31.9 Å². The van der Waals surface area contributed by atoms with Gasteiger partial charge in [-0.05, 0) is 17.5 Å². The van der Waals surface area contributed by atoms with Crippen LogP contribution in [0.4, 0.5) is 13.2 Å². The first-order valence-corrected chi connectivity index (χ1v) is 5.16. The molecule has 0 amide bonds. The van der Waals surface area contributed by atoms with E-state index in [1.165, 1.54) is 12.1 Å². The molecule has 3 heteroatoms. The predicted octanol–water partition coefficient (Wildman–Crippen LogP) is 4.38. The molecule has 0 nitrogen and oxygen atoms in total. The molecule has 0 aliphatic carbocycles. The molecule has 1 rings (SSSR count). The maximum atomic E-state index is 11.9. The van der Waals surface area contributed by atoms with Crippen molar-refractivity contribution >= 4 is 0 Å². The Bertz CT molecular complexity index is 259. The number of aryl methyl sites for hydroxylation is 1. The van der Waals surface area contributed by atoms with E-state index in [1.807, 2.05) is 20.8 Å². The zero-order valence-corrected chi connectivity index (χ0v) is 9.36. The number of benzene rings is 1. The van der Waals surface area contributed by atoms with E-state index in [-0.39, 0.29) is 0 Å². The predicted molar refractivity (Wildman–Crippen MR) is 56.9 cm³/mol. The average Bonchev–Trinajstić information content (AvgIpc) is 2.20. The smallest absolute Gasteiger partial charge is 0.171 e. The van der Waals surface area contributed by atoms with Gasteiger partial charge in [0, 0.05) is 0 Å². The van der Waals surface area contributed by atoms with Crippen LogP contribution in [0, 0.1) is 0 Å². The highest BCUT2D eigenvalue weighted by Crippen LogP contribution is 2.21. The van der Waals surface area contributed by atoms with Crippen LogP contribution in [0.25, 0.3) is 0 Å². The van der Waals surface area contributed by atoms with Gasteiger partial charge in [0.25, 0.3) is 0 Å². The minimum absolute atomic E-state index is 0.324. The Balaban J connectivity index is 0.000000921. The molecule has 0 saturated heterocycles. The lowest BCUT2D eigenvalue weighted by molar-refractivity contribution is -0.127. The van der Waals surface area contributed by atoms with E-state index in [9.17, 15) is 13.2 Å². The third kappa shape index (κ3) is 6.15. The van der Waals surface area contributed by atoms with Crippen molar-refractivity contribution in [2.75, 3.05) is 0 Å². The second kappa shape index (κ2) is 6.49. The van der Waals surface area contributed by atoms with Crippen molar-refractivity contribution < 1.29 is 13.2 Å². The Morgan fingerprint density at radius 1 is 0.933 bits per heavy atom. The molecule has 1 aromatic rings. The van der Waals surface area contributed by atoms with E-state index in [1.54, 1.807) is 12.1 Å². The Morgan fingerprint density at radius 2 is 1.33 bits per heavy atom. The summed E-state index contributed by atoms with van der Waals surface area (Å²) in [6.45, 7) is 5.97. The van der Waals surface area contributed by atoms with Gasteiger partial charge < -0.3 is 0 Å². The number of alkyl halides is 3. The Morgan fingerprint density at radius 3 is 1.67 bits per heavy atom. The maximum Gasteiger partial charge on any atom is 0.393 e. The van der Waals surface area contributed by atoms with Crippen LogP contribution in [0.15, 0.2) is 24.3 Å². The van der Waals surface area contributed by atoms with Crippen molar-refractivity contribution in [1.29, 1.82) is 0 Å². The summed E-state index contributed by atoms with van der Waals surface area (Å²) >= 11 is 0. The first kappa shape index (κ1) is 14.0. The van der Waals surface area contributed by atoms with E-state index < -0.39 is 12.6 Å². The van der Waals surface area contributed by atoms with Gasteiger partial charge in [-0.1, -0.05) is 45.0 Å². The summed E-state index contributed by atoms with van der Waals surface area (Å²) in [5.74, 6) is 0. The van der Waals surface area contributed by atoms with Crippen LogP contribution in [0.3, 0.4) is 0 Å². The second-order valence-corrected chi connectivity index (χ2v) is 2.96. The van der Waals surface area contributed by atoms with E-state index in [0.717, 1.165) is 12.0 Å². The molecule has 0 fully saturated rings. The van der Waals surface area contributed by atoms with Crippen LogP contribution < -0.4 is 0 Å². The highest BCUT2D eigenvalue weighted by molar-refractivity contribution is 5.22. The Kier molecular flexibility index (Phi) is 6.06. The van der Waals surface area contributed by atoms with Gasteiger partial charge in [0.15, 0.2) is 0 Å². The highest BCUT2D eigenvalue weighted by Gasteiger charge is 2.27. The summed E-state index contributed by atoms with van der Waals surface area (Å²) in [6, 6.07) is 6.54. The first-order valence-electron chi connectivity index (χ1n) is 5.16. The number of hydrogen-bond donors (Lipinski definition) is 0. The minimum Gasteiger partial charge on any atom is -0.171 e. The third-order valence-electron chi connectivity index (χ3n) is 1.84. The Labute approximate surface area is 89.1 Å². The summed E-state index contributed by atoms with van der Waals surface area (Å²) in [5.41, 5.74) is 1.38. The zero-order valence-electron chi connectivity index (χ0n) is 9.36. The van der Waals surface area contributed by atoms with Gasteiger partial charge in [0.2, 0.25) is 0 Å². The quantitative estimate of drug-likeness (QED) is 0.691. The summed E-state index contributed by atoms with van der Waals surface area (Å²) < 4.78 is 35.8. The van der Waals surface area contributed by atoms with Crippen LogP contribution in [0.5, 0.6) is 0 Å². The van der Waals surface area contributed by atoms with Gasteiger partial charge in [-0.3, -0.25) is 0 Å². The van der Waals surface area contributed by atoms with E-state index in [0.29, 0.717) is 5.56 Å². The van der Waals surface area contributed by atoms with Crippen molar-refractivity contribution in [2.24, 2.45) is 0 Å². The average molecular weight is 218 g/mol. The van der Waals surface area contributed by atoms with Gasteiger partial charge in [-0.25, -0.2) is 0 Å². The molecule has 0 aliphatic heterocycles. The topological polar surface area (TPSA) is 0 Å². The molecule has 0 aromatic heterocycles. The molecular formula is C12H17F3. The van der Waals surface area contributed by atoms with Gasteiger partial charge in [-0.2, -0.15) is 13.2 Å². The second-order valence-electron chi connectivity index (χ2n) is 2.96. The molecule has 0 bridgehead atoms. The molecule has 0 heterocycles. The maximum absolute atomic E-state index is 11.9. The summed E-state index contributed by atoms with van der Waals surface area (Å²) in [6.07, 6.45) is -4.09. The van der Waals surface area contributed by atoms with Crippen molar-refractivity contribution in [2.45, 2.75) is 39.8 Å². The van der Waals surface area contributed by atoms with Gasteiger partial charge >= 0.3 is 6.18 Å². The van der Waals surface area contributed by atoms with Crippen molar-refractivity contribution in [3.63, 3.8) is 0 Å². The van der Waals surface area contributed by atoms with Gasteiger partial charge in [0.05, 0.1) is 6.42 Å². The number of hydrogen-bond acceptors (Lipinski definition) is 0. The third-order valence-corrected chi connectivity index (χ3v) is 1.84. The van der Waals surface area contributed by atoms with Crippen molar-refractivity contribution in [3.8, 4) is 0 Å². The van der Waals surface area contributed by atoms with Gasteiger partial charge in [-0.15, -0.1) is 0 Å². The molecule has 15 heavy (non-hydrogen) atoms. The zero-order chi connectivity index (χ0) is 11.9. The molecule has 0 N–H and O–H groups in total. The van der Waals surface area contributed by atoms with Crippen LogP contribution >= 0.6 is 0 Å². The largest absolute Gasteiger partial charge is 0.393 e. The highest BCUT2D eigenvalue weighted by atomic mass is 19.4. The monoisotopic (exact) mass is 218 g/mol. The Hall–Kier alpha value is -0.990. The van der Waals surface area contributed by atoms with E-state index >= 15 is 0 Å². The van der Waals surface area contributed by atoms with Crippen molar-refractivity contribution in [1.82, 2.24) is 0 Å². The molecule has 0 saturated carbocycles. The molecule has 1 aromatic carbocycles. The van der Waals surface area contributed by atoms with Gasteiger partial charge in [0.1, 0.15) is 0 Å². The first-order chi connectivity index (χ1) is 7.01. The SMILES string of the molecule is CC.CCc1ccc(CC(F)(F)F)cc1. The van der Waals surface area contributed by atoms with E-state index in [2.05, 4.69) is 0 Å². The lowest BCUT2D eigenvalue weighted by atomic mass is 10.1. The molecule has 0 atom stereocenters. The normalized spacial score (nSPS) is 10.5. The lowest BCUT2D eigenvalue weighted by Gasteiger charge is -2.06. The molecular weight excluding hydrogens is 201 g/mol. The van der Waals surface area contributed by atoms with Crippen LogP contribution in [-0.2, 0) is 12.8 Å². The van der Waals surface area contributed by atoms with Crippen LogP contribution in [-0.4, -0.2) is 6.18 Å². The minimum atomic E-state index is -4.10. The molecule has 0 unspecified atom stereocenters. The molecule has 0 spiro atoms. The van der Waals surface area contributed by atoms with E-state index in [4.69, 9.17) is 0 Å². The summed E-state index contributed by atoms with van der Waals surface area (Å²) in [5, 5.41) is 0. The summed E-state index contributed by atoms with van der Waals surface area (Å²) in [7, 11) is 0. The fourth-order valence-electron chi connectivity index (χ4n) is 1.12. The standard InChI is InChI=1S/C10H11F3.C2H6/c1-2-8-3-5-9(6-4-8)7-10(11,12)13;1-2/h3-6H,2,7H2,1H3;1-2H3. The number of rotatable bonds is 2. The molecule has 0 aliphatic rings. The van der Waals surface area contributed by atoms with Crippen LogP contribution in [0.2, 0.25) is 0 Å². The number of halogens is 3. The lowest BCUT2D eigenvalue weighted by Crippen LogP contribution is -2.11. The summed E-state index contributed by atoms with van der Waals surface area (Å²) in [4.78, 5) is 0. The fraction of sp³-hybridized carbons (Fsp3) is 0.500.